The maximum atomic E-state index is 8.90. The van der Waals surface area contributed by atoms with Crippen molar-refractivity contribution in [2.75, 3.05) is 23.8 Å². The van der Waals surface area contributed by atoms with Gasteiger partial charge < -0.3 is 10.2 Å². The van der Waals surface area contributed by atoms with E-state index >= 15 is 0 Å². The van der Waals surface area contributed by atoms with Crippen molar-refractivity contribution in [3.8, 4) is 6.07 Å². The molecule has 2 rings (SSSR count). The molecular formula is C13H17N3. The molecule has 0 saturated heterocycles. The largest absolute Gasteiger partial charge is 0.374 e. The molecule has 0 fully saturated rings. The smallest absolute Gasteiger partial charge is 0.114 e. The predicted molar refractivity (Wildman–Crippen MR) is 66.7 cm³/mol. The highest BCUT2D eigenvalue weighted by atomic mass is 15.1. The van der Waals surface area contributed by atoms with E-state index < -0.39 is 0 Å². The third kappa shape index (κ3) is 1.96. The van der Waals surface area contributed by atoms with Crippen LogP contribution in [-0.4, -0.2) is 19.6 Å². The van der Waals surface area contributed by atoms with Crippen molar-refractivity contribution in [3.05, 3.63) is 23.8 Å². The fourth-order valence-corrected chi connectivity index (χ4v) is 2.08. The maximum absolute atomic E-state index is 8.90. The fourth-order valence-electron chi connectivity index (χ4n) is 2.08. The summed E-state index contributed by atoms with van der Waals surface area (Å²) in [5.41, 5.74) is 3.75. The standard InChI is InChI=1S/C13H17N3/c1-3-11(9-14)15-12-4-5-13-10(8-12)6-7-16(13)2/h4-5,8,11,15H,3,6-7H2,1-2H3. The topological polar surface area (TPSA) is 39.1 Å². The molecule has 1 atom stereocenters. The lowest BCUT2D eigenvalue weighted by Gasteiger charge is -2.14. The Morgan fingerprint density at radius 2 is 2.38 bits per heavy atom. The van der Waals surface area contributed by atoms with Crippen molar-refractivity contribution in [2.45, 2.75) is 25.8 Å². The maximum Gasteiger partial charge on any atom is 0.114 e. The van der Waals surface area contributed by atoms with Crippen molar-refractivity contribution in [1.82, 2.24) is 0 Å². The first-order valence-corrected chi connectivity index (χ1v) is 5.74. The molecule has 0 spiro atoms. The SMILES string of the molecule is CCC(C#N)Nc1ccc2c(c1)CCN2C. The van der Waals surface area contributed by atoms with Crippen LogP contribution in [0.2, 0.25) is 0 Å². The molecule has 0 radical (unpaired) electrons. The van der Waals surface area contributed by atoms with E-state index in [4.69, 9.17) is 5.26 Å². The van der Waals surface area contributed by atoms with Crippen LogP contribution in [-0.2, 0) is 6.42 Å². The van der Waals surface area contributed by atoms with Gasteiger partial charge in [-0.1, -0.05) is 6.92 Å². The molecule has 3 nitrogen and oxygen atoms in total. The number of likely N-dealkylation sites (N-methyl/N-ethyl adjacent to an activating group) is 1. The lowest BCUT2D eigenvalue weighted by atomic mass is 10.1. The monoisotopic (exact) mass is 215 g/mol. The van der Waals surface area contributed by atoms with Gasteiger partial charge in [0.05, 0.1) is 6.07 Å². The minimum Gasteiger partial charge on any atom is -0.374 e. The minimum atomic E-state index is -0.0859. The summed E-state index contributed by atoms with van der Waals surface area (Å²) in [5.74, 6) is 0. The van der Waals surface area contributed by atoms with Gasteiger partial charge in [-0.05, 0) is 36.6 Å². The summed E-state index contributed by atoms with van der Waals surface area (Å²) < 4.78 is 0. The second kappa shape index (κ2) is 4.44. The number of benzene rings is 1. The van der Waals surface area contributed by atoms with Gasteiger partial charge in [-0.25, -0.2) is 0 Å². The molecule has 1 aliphatic rings. The third-order valence-electron chi connectivity index (χ3n) is 3.11. The number of anilines is 2. The van der Waals surface area contributed by atoms with Crippen LogP contribution in [0, 0.1) is 11.3 Å². The van der Waals surface area contributed by atoms with E-state index in [1.807, 2.05) is 6.92 Å². The zero-order valence-electron chi connectivity index (χ0n) is 9.83. The Labute approximate surface area is 96.7 Å². The van der Waals surface area contributed by atoms with Crippen molar-refractivity contribution < 1.29 is 0 Å². The van der Waals surface area contributed by atoms with Gasteiger partial charge in [-0.2, -0.15) is 5.26 Å². The van der Waals surface area contributed by atoms with Crippen molar-refractivity contribution in [3.63, 3.8) is 0 Å². The Morgan fingerprint density at radius 3 is 3.06 bits per heavy atom. The summed E-state index contributed by atoms with van der Waals surface area (Å²) in [6.45, 7) is 3.11. The summed E-state index contributed by atoms with van der Waals surface area (Å²) in [6.07, 6.45) is 1.93. The fraction of sp³-hybridized carbons (Fsp3) is 0.462. The Bertz CT molecular complexity index is 420. The van der Waals surface area contributed by atoms with E-state index in [1.54, 1.807) is 0 Å². The van der Waals surface area contributed by atoms with Crippen molar-refractivity contribution >= 4 is 11.4 Å². The molecule has 0 amide bonds. The molecule has 1 N–H and O–H groups in total. The Morgan fingerprint density at radius 1 is 1.56 bits per heavy atom. The summed E-state index contributed by atoms with van der Waals surface area (Å²) >= 11 is 0. The van der Waals surface area contributed by atoms with E-state index in [9.17, 15) is 0 Å². The van der Waals surface area contributed by atoms with Gasteiger partial charge in [-0.3, -0.25) is 0 Å². The Hall–Kier alpha value is -1.69. The second-order valence-electron chi connectivity index (χ2n) is 4.25. The molecule has 1 aromatic rings. The first kappa shape index (κ1) is 10.8. The van der Waals surface area contributed by atoms with Gasteiger partial charge in [0.25, 0.3) is 0 Å². The summed E-state index contributed by atoms with van der Waals surface area (Å²) in [4.78, 5) is 2.26. The second-order valence-corrected chi connectivity index (χ2v) is 4.25. The molecule has 1 aliphatic heterocycles. The van der Waals surface area contributed by atoms with Gasteiger partial charge in [0.15, 0.2) is 0 Å². The van der Waals surface area contributed by atoms with Gasteiger partial charge in [0.2, 0.25) is 0 Å². The molecule has 0 aromatic heterocycles. The van der Waals surface area contributed by atoms with Crippen LogP contribution in [0.3, 0.4) is 0 Å². The van der Waals surface area contributed by atoms with Crippen LogP contribution in [0.1, 0.15) is 18.9 Å². The zero-order valence-corrected chi connectivity index (χ0v) is 9.83. The van der Waals surface area contributed by atoms with E-state index in [2.05, 4.69) is 41.5 Å². The number of nitriles is 1. The lowest BCUT2D eigenvalue weighted by Crippen LogP contribution is -2.15. The average Bonchev–Trinajstić information content (AvgIpc) is 2.68. The Balaban J connectivity index is 2.17. The highest BCUT2D eigenvalue weighted by Gasteiger charge is 2.16. The molecule has 0 saturated carbocycles. The summed E-state index contributed by atoms with van der Waals surface area (Å²) in [6, 6.07) is 8.52. The summed E-state index contributed by atoms with van der Waals surface area (Å²) in [7, 11) is 2.11. The third-order valence-corrected chi connectivity index (χ3v) is 3.11. The van der Waals surface area contributed by atoms with Crippen LogP contribution in [0.25, 0.3) is 0 Å². The summed E-state index contributed by atoms with van der Waals surface area (Å²) in [5, 5.41) is 12.1. The number of rotatable bonds is 3. The quantitative estimate of drug-likeness (QED) is 0.841. The lowest BCUT2D eigenvalue weighted by molar-refractivity contribution is 0.845. The average molecular weight is 215 g/mol. The number of hydrogen-bond donors (Lipinski definition) is 1. The first-order valence-electron chi connectivity index (χ1n) is 5.74. The van der Waals surface area contributed by atoms with E-state index in [0.717, 1.165) is 25.1 Å². The molecule has 3 heteroatoms. The van der Waals surface area contributed by atoms with Gasteiger partial charge >= 0.3 is 0 Å². The molecular weight excluding hydrogens is 198 g/mol. The van der Waals surface area contributed by atoms with E-state index in [1.165, 1.54) is 11.3 Å². The number of fused-ring (bicyclic) bond motifs is 1. The van der Waals surface area contributed by atoms with Gasteiger partial charge in [0.1, 0.15) is 6.04 Å². The molecule has 1 aromatic carbocycles. The van der Waals surface area contributed by atoms with Crippen LogP contribution in [0.4, 0.5) is 11.4 Å². The van der Waals surface area contributed by atoms with E-state index in [0.29, 0.717) is 0 Å². The number of hydrogen-bond acceptors (Lipinski definition) is 3. The normalized spacial score (nSPS) is 15.4. The highest BCUT2D eigenvalue weighted by Crippen LogP contribution is 2.29. The van der Waals surface area contributed by atoms with Crippen molar-refractivity contribution in [2.24, 2.45) is 0 Å². The van der Waals surface area contributed by atoms with Crippen LogP contribution < -0.4 is 10.2 Å². The van der Waals surface area contributed by atoms with E-state index in [-0.39, 0.29) is 6.04 Å². The number of nitrogens with one attached hydrogen (secondary N) is 1. The van der Waals surface area contributed by atoms with Crippen LogP contribution >= 0.6 is 0 Å². The van der Waals surface area contributed by atoms with Crippen LogP contribution in [0.15, 0.2) is 18.2 Å². The van der Waals surface area contributed by atoms with Crippen LogP contribution in [0.5, 0.6) is 0 Å². The first-order chi connectivity index (χ1) is 7.74. The Kier molecular flexibility index (Phi) is 3.00. The van der Waals surface area contributed by atoms with Gasteiger partial charge in [0, 0.05) is 25.0 Å². The van der Waals surface area contributed by atoms with Gasteiger partial charge in [-0.15, -0.1) is 0 Å². The molecule has 84 valence electrons. The zero-order chi connectivity index (χ0) is 11.5. The molecule has 0 bridgehead atoms. The molecule has 1 unspecified atom stereocenters. The molecule has 16 heavy (non-hydrogen) atoms. The number of nitrogens with zero attached hydrogens (tertiary/aromatic N) is 2. The van der Waals surface area contributed by atoms with Crippen molar-refractivity contribution in [1.29, 1.82) is 5.26 Å². The molecule has 1 heterocycles. The molecule has 0 aliphatic carbocycles. The highest BCUT2D eigenvalue weighted by molar-refractivity contribution is 5.64. The predicted octanol–water partition coefficient (Wildman–Crippen LogP) is 2.39. The minimum absolute atomic E-state index is 0.0859.